The Morgan fingerprint density at radius 2 is 0.634 bits per heavy atom. The predicted octanol–water partition coefficient (Wildman–Crippen LogP) is 13.7. The lowest BCUT2D eigenvalue weighted by atomic mass is 10.0. The number of carbonyl (C=O) groups excluding carboxylic acids is 1. The Labute approximate surface area is 259 Å². The van der Waals surface area contributed by atoms with Gasteiger partial charge in [-0.05, 0) is 25.7 Å². The normalized spacial score (nSPS) is 11.9. The minimum atomic E-state index is -0.192. The van der Waals surface area contributed by atoms with E-state index in [4.69, 9.17) is 5.73 Å². The van der Waals surface area contributed by atoms with Gasteiger partial charge in [-0.15, -0.1) is 0 Å². The zero-order valence-electron chi connectivity index (χ0n) is 28.6. The van der Waals surface area contributed by atoms with Gasteiger partial charge < -0.3 is 5.73 Å². The molecule has 0 spiro atoms. The van der Waals surface area contributed by atoms with Crippen molar-refractivity contribution < 1.29 is 4.79 Å². The van der Waals surface area contributed by atoms with E-state index in [2.05, 4.69) is 19.9 Å². The van der Waals surface area contributed by atoms with Crippen LogP contribution < -0.4 is 5.73 Å². The van der Waals surface area contributed by atoms with E-state index in [-0.39, 0.29) is 5.91 Å². The molecule has 244 valence electrons. The molecule has 1 amide bonds. The second-order valence-corrected chi connectivity index (χ2v) is 13.2. The summed E-state index contributed by atoms with van der Waals surface area (Å²) in [7, 11) is 0. The molecular formula is C39H77NO. The van der Waals surface area contributed by atoms with Crippen LogP contribution in [0, 0.1) is 0 Å². The van der Waals surface area contributed by atoms with Crippen LogP contribution in [0.4, 0.5) is 0 Å². The lowest BCUT2D eigenvalue weighted by Gasteiger charge is -2.06. The summed E-state index contributed by atoms with van der Waals surface area (Å²) in [6.07, 6.45) is 48.5. The number of primary amides is 1. The number of carbonyl (C=O) groups is 1. The summed E-state index contributed by atoms with van der Waals surface area (Å²) in [5, 5.41) is 0. The lowest BCUT2D eigenvalue weighted by molar-refractivity contribution is -0.114. The van der Waals surface area contributed by atoms with Crippen LogP contribution in [-0.2, 0) is 4.79 Å². The third kappa shape index (κ3) is 33.6. The number of rotatable bonds is 35. The third-order valence-electron chi connectivity index (χ3n) is 9.06. The van der Waals surface area contributed by atoms with Gasteiger partial charge >= 0.3 is 0 Å². The van der Waals surface area contributed by atoms with E-state index in [1.165, 1.54) is 199 Å². The molecular weight excluding hydrogens is 498 g/mol. The topological polar surface area (TPSA) is 43.1 Å². The highest BCUT2D eigenvalue weighted by atomic mass is 16.1. The van der Waals surface area contributed by atoms with Crippen molar-refractivity contribution in [3.8, 4) is 0 Å². The zero-order valence-corrected chi connectivity index (χ0v) is 28.6. The zero-order chi connectivity index (χ0) is 29.9. The summed E-state index contributed by atoms with van der Waals surface area (Å²) < 4.78 is 0. The number of unbranched alkanes of at least 4 members (excludes halogenated alkanes) is 31. The maximum Gasteiger partial charge on any atom is 0.244 e. The molecule has 41 heavy (non-hydrogen) atoms. The molecule has 0 radical (unpaired) electrons. The molecule has 0 saturated heterocycles. The molecule has 0 atom stereocenters. The van der Waals surface area contributed by atoms with Gasteiger partial charge in [-0.3, -0.25) is 4.79 Å². The van der Waals surface area contributed by atoms with Gasteiger partial charge in [0.2, 0.25) is 5.91 Å². The first-order chi connectivity index (χ1) is 20.2. The number of nitrogens with two attached hydrogens (primary N) is 1. The SMILES string of the molecule is CCCCCCCCCCCCCCCCCCC=C(CCCCCCCCCCCCCCCCCC)C(N)=O. The molecule has 0 heterocycles. The first-order valence-corrected chi connectivity index (χ1v) is 19.2. The van der Waals surface area contributed by atoms with Crippen molar-refractivity contribution in [3.05, 3.63) is 11.6 Å². The molecule has 2 heteroatoms. The molecule has 0 fully saturated rings. The summed E-state index contributed by atoms with van der Waals surface area (Å²) in [5.74, 6) is -0.192. The smallest absolute Gasteiger partial charge is 0.244 e. The average Bonchev–Trinajstić information content (AvgIpc) is 2.97. The number of amides is 1. The van der Waals surface area contributed by atoms with Gasteiger partial charge in [0.05, 0.1) is 0 Å². The lowest BCUT2D eigenvalue weighted by Crippen LogP contribution is -2.14. The van der Waals surface area contributed by atoms with Gasteiger partial charge in [0, 0.05) is 5.57 Å². The molecule has 2 N–H and O–H groups in total. The van der Waals surface area contributed by atoms with Gasteiger partial charge in [-0.2, -0.15) is 0 Å². The van der Waals surface area contributed by atoms with Crippen molar-refractivity contribution >= 4 is 5.91 Å². The van der Waals surface area contributed by atoms with Crippen molar-refractivity contribution in [1.82, 2.24) is 0 Å². The van der Waals surface area contributed by atoms with E-state index in [0.717, 1.165) is 24.8 Å². The molecule has 0 rings (SSSR count). The summed E-state index contributed by atoms with van der Waals surface area (Å²) >= 11 is 0. The molecule has 2 nitrogen and oxygen atoms in total. The van der Waals surface area contributed by atoms with Gasteiger partial charge in [0.15, 0.2) is 0 Å². The number of hydrogen-bond acceptors (Lipinski definition) is 1. The highest BCUT2D eigenvalue weighted by molar-refractivity contribution is 5.91. The van der Waals surface area contributed by atoms with Crippen LogP contribution in [-0.4, -0.2) is 5.91 Å². The Hall–Kier alpha value is -0.790. The third-order valence-corrected chi connectivity index (χ3v) is 9.06. The molecule has 0 aliphatic heterocycles. The molecule has 0 saturated carbocycles. The highest BCUT2D eigenvalue weighted by Crippen LogP contribution is 2.17. The fraction of sp³-hybridized carbons (Fsp3) is 0.923. The Morgan fingerprint density at radius 1 is 0.390 bits per heavy atom. The van der Waals surface area contributed by atoms with Gasteiger partial charge in [0.1, 0.15) is 0 Å². The van der Waals surface area contributed by atoms with Gasteiger partial charge in [-0.1, -0.05) is 213 Å². The molecule has 0 aromatic heterocycles. The first-order valence-electron chi connectivity index (χ1n) is 19.2. The van der Waals surface area contributed by atoms with Crippen LogP contribution in [0.25, 0.3) is 0 Å². The van der Waals surface area contributed by atoms with Crippen molar-refractivity contribution in [1.29, 1.82) is 0 Å². The molecule has 0 aliphatic rings. The first kappa shape index (κ1) is 40.2. The number of allylic oxidation sites excluding steroid dienone is 1. The Balaban J connectivity index is 3.44. The van der Waals surface area contributed by atoms with Crippen LogP contribution in [0.3, 0.4) is 0 Å². The van der Waals surface area contributed by atoms with E-state index in [1.54, 1.807) is 0 Å². The quantitative estimate of drug-likeness (QED) is 0.0592. The van der Waals surface area contributed by atoms with Crippen molar-refractivity contribution in [2.24, 2.45) is 5.73 Å². The van der Waals surface area contributed by atoms with Crippen LogP contribution in [0.5, 0.6) is 0 Å². The second-order valence-electron chi connectivity index (χ2n) is 13.2. The summed E-state index contributed by atoms with van der Waals surface area (Å²) in [6, 6.07) is 0. The Kier molecular flexibility index (Phi) is 34.7. The Bertz CT molecular complexity index is 540. The fourth-order valence-electron chi connectivity index (χ4n) is 6.16. The highest BCUT2D eigenvalue weighted by Gasteiger charge is 2.04. The second kappa shape index (κ2) is 35.4. The van der Waals surface area contributed by atoms with Crippen molar-refractivity contribution in [2.75, 3.05) is 0 Å². The standard InChI is InChI=1S/C39H77NO/c1-3-5-7-9-11-13-15-17-19-21-23-25-27-29-31-33-35-37-38(39(40)41)36-34-32-30-28-26-24-22-20-18-16-14-12-10-8-6-4-2/h37H,3-36H2,1-2H3,(H2,40,41). The largest absolute Gasteiger partial charge is 0.366 e. The monoisotopic (exact) mass is 576 g/mol. The van der Waals surface area contributed by atoms with Gasteiger partial charge in [-0.25, -0.2) is 0 Å². The van der Waals surface area contributed by atoms with E-state index < -0.39 is 0 Å². The molecule has 0 aromatic rings. The van der Waals surface area contributed by atoms with Crippen LogP contribution in [0.2, 0.25) is 0 Å². The van der Waals surface area contributed by atoms with E-state index >= 15 is 0 Å². The van der Waals surface area contributed by atoms with Crippen molar-refractivity contribution in [2.45, 2.75) is 232 Å². The number of hydrogen-bond donors (Lipinski definition) is 1. The minimum absolute atomic E-state index is 0.192. The van der Waals surface area contributed by atoms with Crippen LogP contribution >= 0.6 is 0 Å². The predicted molar refractivity (Wildman–Crippen MR) is 186 cm³/mol. The van der Waals surface area contributed by atoms with Crippen molar-refractivity contribution in [3.63, 3.8) is 0 Å². The molecule has 0 aliphatic carbocycles. The average molecular weight is 576 g/mol. The summed E-state index contributed by atoms with van der Waals surface area (Å²) in [5.41, 5.74) is 6.55. The molecule has 0 unspecified atom stereocenters. The Morgan fingerprint density at radius 3 is 0.902 bits per heavy atom. The molecule has 0 aromatic carbocycles. The minimum Gasteiger partial charge on any atom is -0.366 e. The van der Waals surface area contributed by atoms with Gasteiger partial charge in [0.25, 0.3) is 0 Å². The van der Waals surface area contributed by atoms with E-state index in [9.17, 15) is 4.79 Å². The van der Waals surface area contributed by atoms with E-state index in [0.29, 0.717) is 0 Å². The van der Waals surface area contributed by atoms with Crippen LogP contribution in [0.15, 0.2) is 11.6 Å². The van der Waals surface area contributed by atoms with E-state index in [1.807, 2.05) is 0 Å². The van der Waals surface area contributed by atoms with Crippen LogP contribution in [0.1, 0.15) is 232 Å². The molecule has 0 bridgehead atoms. The summed E-state index contributed by atoms with van der Waals surface area (Å²) in [6.45, 7) is 4.59. The fourth-order valence-corrected chi connectivity index (χ4v) is 6.16. The summed E-state index contributed by atoms with van der Waals surface area (Å²) in [4.78, 5) is 11.8. The maximum absolute atomic E-state index is 11.8. The maximum atomic E-state index is 11.8.